The van der Waals surface area contributed by atoms with Crippen molar-refractivity contribution < 1.29 is 4.74 Å². The zero-order valence-electron chi connectivity index (χ0n) is 22.2. The van der Waals surface area contributed by atoms with Crippen LogP contribution in [0.4, 0.5) is 0 Å². The van der Waals surface area contributed by atoms with E-state index in [0.29, 0.717) is 6.10 Å². The fourth-order valence-corrected chi connectivity index (χ4v) is 6.38. The molecule has 0 amide bonds. The molecule has 2 aliphatic rings. The fraction of sp³-hybridized carbons (Fsp3) is 0.812. The van der Waals surface area contributed by atoms with E-state index in [0.717, 1.165) is 24.4 Å². The maximum Gasteiger partial charge on any atom is 0.0575 e. The lowest BCUT2D eigenvalue weighted by Crippen LogP contribution is -2.21. The zero-order valence-corrected chi connectivity index (χ0v) is 22.2. The Morgan fingerprint density at radius 2 is 1.24 bits per heavy atom. The summed E-state index contributed by atoms with van der Waals surface area (Å²) in [6.07, 6.45) is 26.7. The van der Waals surface area contributed by atoms with Gasteiger partial charge in [-0.1, -0.05) is 109 Å². The lowest BCUT2D eigenvalue weighted by atomic mass is 9.78. The Bertz CT molecular complexity index is 589. The van der Waals surface area contributed by atoms with Gasteiger partial charge in [0, 0.05) is 6.61 Å². The number of aryl methyl sites for hydroxylation is 1. The summed E-state index contributed by atoms with van der Waals surface area (Å²) in [6.45, 7) is 5.61. The van der Waals surface area contributed by atoms with Gasteiger partial charge in [0.2, 0.25) is 0 Å². The molecule has 0 N–H and O–H groups in total. The molecule has 2 fully saturated rings. The molecule has 3 rings (SSSR count). The Morgan fingerprint density at radius 1 is 0.636 bits per heavy atom. The van der Waals surface area contributed by atoms with Crippen molar-refractivity contribution >= 4 is 0 Å². The van der Waals surface area contributed by atoms with Crippen molar-refractivity contribution in [1.29, 1.82) is 0 Å². The summed E-state index contributed by atoms with van der Waals surface area (Å²) in [5, 5.41) is 0. The molecule has 0 heterocycles. The van der Waals surface area contributed by atoms with Gasteiger partial charge in [0.05, 0.1) is 6.10 Å². The molecule has 1 aromatic carbocycles. The average molecular weight is 455 g/mol. The van der Waals surface area contributed by atoms with Crippen molar-refractivity contribution in [3.05, 3.63) is 35.4 Å². The van der Waals surface area contributed by atoms with E-state index in [4.69, 9.17) is 4.74 Å². The maximum atomic E-state index is 6.32. The molecule has 0 atom stereocenters. The number of benzene rings is 1. The van der Waals surface area contributed by atoms with Crippen molar-refractivity contribution in [1.82, 2.24) is 0 Å². The molecule has 0 aliphatic heterocycles. The van der Waals surface area contributed by atoms with Crippen LogP contribution < -0.4 is 0 Å². The molecule has 1 aromatic rings. The normalized spacial score (nSPS) is 25.9. The lowest BCUT2D eigenvalue weighted by molar-refractivity contribution is 0.0204. The van der Waals surface area contributed by atoms with E-state index in [1.807, 2.05) is 0 Å². The second kappa shape index (κ2) is 16.0. The predicted octanol–water partition coefficient (Wildman–Crippen LogP) is 10.0. The van der Waals surface area contributed by atoms with E-state index in [1.54, 1.807) is 5.56 Å². The number of unbranched alkanes of at least 4 members (excludes halogenated alkanes) is 5. The average Bonchev–Trinajstić information content (AvgIpc) is 2.87. The summed E-state index contributed by atoms with van der Waals surface area (Å²) < 4.78 is 6.32. The second-order valence-corrected chi connectivity index (χ2v) is 11.4. The van der Waals surface area contributed by atoms with Crippen molar-refractivity contribution in [2.75, 3.05) is 6.61 Å². The highest BCUT2D eigenvalue weighted by Gasteiger charge is 2.23. The van der Waals surface area contributed by atoms with Gasteiger partial charge in [-0.2, -0.15) is 0 Å². The van der Waals surface area contributed by atoms with Gasteiger partial charge in [0.25, 0.3) is 0 Å². The zero-order chi connectivity index (χ0) is 23.1. The monoisotopic (exact) mass is 454 g/mol. The molecule has 0 unspecified atom stereocenters. The molecule has 188 valence electrons. The van der Waals surface area contributed by atoms with Crippen LogP contribution in [0.3, 0.4) is 0 Å². The summed E-state index contributed by atoms with van der Waals surface area (Å²) in [7, 11) is 0. The van der Waals surface area contributed by atoms with Gasteiger partial charge < -0.3 is 4.74 Å². The molecule has 0 aromatic heterocycles. The lowest BCUT2D eigenvalue weighted by Gasteiger charge is -2.30. The Hall–Kier alpha value is -0.820. The summed E-state index contributed by atoms with van der Waals surface area (Å²) in [4.78, 5) is 0. The molecule has 0 saturated heterocycles. The van der Waals surface area contributed by atoms with E-state index in [9.17, 15) is 0 Å². The SMILES string of the molecule is CCCCCCCc1ccc(C2CCC(OCCCC3CCC(CCCC)CC3)CC2)cc1. The summed E-state index contributed by atoms with van der Waals surface area (Å²) in [5.41, 5.74) is 3.10. The van der Waals surface area contributed by atoms with Crippen molar-refractivity contribution in [2.45, 2.75) is 148 Å². The number of rotatable bonds is 15. The van der Waals surface area contributed by atoms with Gasteiger partial charge in [0.1, 0.15) is 0 Å². The first kappa shape index (κ1) is 26.8. The Balaban J connectivity index is 1.23. The van der Waals surface area contributed by atoms with Crippen LogP contribution in [-0.2, 0) is 11.2 Å². The molecule has 33 heavy (non-hydrogen) atoms. The van der Waals surface area contributed by atoms with Crippen LogP contribution in [0.25, 0.3) is 0 Å². The van der Waals surface area contributed by atoms with Crippen LogP contribution in [0, 0.1) is 11.8 Å². The third kappa shape index (κ3) is 10.1. The van der Waals surface area contributed by atoms with Crippen LogP contribution in [0.15, 0.2) is 24.3 Å². The molecular formula is C32H54O. The Kier molecular flexibility index (Phi) is 13.0. The summed E-state index contributed by atoms with van der Waals surface area (Å²) >= 11 is 0. The Morgan fingerprint density at radius 3 is 1.88 bits per heavy atom. The fourth-order valence-electron chi connectivity index (χ4n) is 6.38. The number of ether oxygens (including phenoxy) is 1. The first-order valence-corrected chi connectivity index (χ1v) is 15.0. The van der Waals surface area contributed by atoms with Crippen LogP contribution in [0.1, 0.15) is 146 Å². The standard InChI is InChI=1S/C32H54O/c1-3-5-7-8-9-12-28-18-20-30(21-19-28)31-22-24-32(25-23-31)33-26-10-13-29-16-14-27(15-17-29)11-6-4-2/h18-21,27,29,31-32H,3-17,22-26H2,1-2H3. The van der Waals surface area contributed by atoms with E-state index in [1.165, 1.54) is 128 Å². The minimum Gasteiger partial charge on any atom is -0.378 e. The third-order valence-corrected chi connectivity index (χ3v) is 8.74. The molecule has 0 bridgehead atoms. The highest BCUT2D eigenvalue weighted by Crippen LogP contribution is 2.36. The highest BCUT2D eigenvalue weighted by atomic mass is 16.5. The van der Waals surface area contributed by atoms with Crippen LogP contribution in [-0.4, -0.2) is 12.7 Å². The number of hydrogen-bond acceptors (Lipinski definition) is 1. The summed E-state index contributed by atoms with van der Waals surface area (Å²) in [5.74, 6) is 2.78. The third-order valence-electron chi connectivity index (χ3n) is 8.74. The molecule has 0 spiro atoms. The minimum absolute atomic E-state index is 0.522. The molecular weight excluding hydrogens is 400 g/mol. The van der Waals surface area contributed by atoms with E-state index >= 15 is 0 Å². The quantitative estimate of drug-likeness (QED) is 0.239. The van der Waals surface area contributed by atoms with Crippen LogP contribution in [0.2, 0.25) is 0 Å². The molecule has 2 aliphatic carbocycles. The predicted molar refractivity (Wildman–Crippen MR) is 144 cm³/mol. The smallest absolute Gasteiger partial charge is 0.0575 e. The van der Waals surface area contributed by atoms with Gasteiger partial charge in [-0.3, -0.25) is 0 Å². The van der Waals surface area contributed by atoms with Crippen LogP contribution in [0.5, 0.6) is 0 Å². The van der Waals surface area contributed by atoms with Gasteiger partial charge in [-0.05, 0) is 80.2 Å². The van der Waals surface area contributed by atoms with E-state index in [2.05, 4.69) is 38.1 Å². The van der Waals surface area contributed by atoms with Crippen molar-refractivity contribution in [2.24, 2.45) is 11.8 Å². The van der Waals surface area contributed by atoms with Gasteiger partial charge in [-0.25, -0.2) is 0 Å². The van der Waals surface area contributed by atoms with Gasteiger partial charge in [-0.15, -0.1) is 0 Å². The highest BCUT2D eigenvalue weighted by molar-refractivity contribution is 5.26. The van der Waals surface area contributed by atoms with Crippen LogP contribution >= 0.6 is 0 Å². The molecule has 2 saturated carbocycles. The first-order valence-electron chi connectivity index (χ1n) is 15.0. The molecule has 1 heteroatoms. The van der Waals surface area contributed by atoms with Gasteiger partial charge >= 0.3 is 0 Å². The topological polar surface area (TPSA) is 9.23 Å². The maximum absolute atomic E-state index is 6.32. The molecule has 1 nitrogen and oxygen atoms in total. The largest absolute Gasteiger partial charge is 0.378 e. The van der Waals surface area contributed by atoms with E-state index in [-0.39, 0.29) is 0 Å². The minimum atomic E-state index is 0.522. The van der Waals surface area contributed by atoms with E-state index < -0.39 is 0 Å². The summed E-state index contributed by atoms with van der Waals surface area (Å²) in [6, 6.07) is 9.64. The number of hydrogen-bond donors (Lipinski definition) is 0. The Labute approximate surface area is 206 Å². The van der Waals surface area contributed by atoms with Gasteiger partial charge in [0.15, 0.2) is 0 Å². The molecule has 0 radical (unpaired) electrons. The van der Waals surface area contributed by atoms with Crippen molar-refractivity contribution in [3.63, 3.8) is 0 Å². The first-order chi connectivity index (χ1) is 16.3. The second-order valence-electron chi connectivity index (χ2n) is 11.4. The van der Waals surface area contributed by atoms with Crippen molar-refractivity contribution in [3.8, 4) is 0 Å².